The molecule has 8 heteroatoms. The van der Waals surface area contributed by atoms with E-state index in [1.165, 1.54) is 43.5 Å². The first-order valence-corrected chi connectivity index (χ1v) is 10.6. The summed E-state index contributed by atoms with van der Waals surface area (Å²) in [5, 5.41) is 2.02. The number of methoxy groups -OCH3 is 1. The molecule has 2 aromatic carbocycles. The molecule has 0 saturated heterocycles. The van der Waals surface area contributed by atoms with Gasteiger partial charge in [0.2, 0.25) is 0 Å². The lowest BCUT2D eigenvalue weighted by Crippen LogP contribution is -2.26. The van der Waals surface area contributed by atoms with Gasteiger partial charge in [-0.25, -0.2) is 12.8 Å². The fourth-order valence-corrected chi connectivity index (χ4v) is 5.24. The van der Waals surface area contributed by atoms with Crippen molar-refractivity contribution in [3.05, 3.63) is 65.0 Å². The summed E-state index contributed by atoms with van der Waals surface area (Å²) in [5.41, 5.74) is 0.664. The van der Waals surface area contributed by atoms with E-state index in [-0.39, 0.29) is 15.7 Å². The van der Waals surface area contributed by atoms with Crippen molar-refractivity contribution in [2.45, 2.75) is 29.4 Å². The number of hydrogen-bond acceptors (Lipinski definition) is 4. The number of carbonyl (C=O) groups is 1. The molecule has 1 aliphatic carbocycles. The van der Waals surface area contributed by atoms with Crippen LogP contribution in [-0.2, 0) is 14.6 Å². The van der Waals surface area contributed by atoms with Gasteiger partial charge in [0.15, 0.2) is 9.84 Å². The maximum Gasteiger partial charge on any atom is 0.251 e. The molecule has 28 heavy (non-hydrogen) atoms. The number of benzene rings is 2. The summed E-state index contributed by atoms with van der Waals surface area (Å²) in [7, 11) is -2.41. The molecule has 1 unspecified atom stereocenters. The number of amides is 1. The first-order chi connectivity index (χ1) is 13.3. The minimum Gasteiger partial charge on any atom is -0.495 e. The Morgan fingerprint density at radius 2 is 2.04 bits per heavy atom. The summed E-state index contributed by atoms with van der Waals surface area (Å²) >= 11 is 5.97. The Morgan fingerprint density at radius 1 is 1.25 bits per heavy atom. The number of sulfone groups is 1. The normalized spacial score (nSPS) is 17.0. The van der Waals surface area contributed by atoms with Gasteiger partial charge < -0.3 is 10.1 Å². The van der Waals surface area contributed by atoms with E-state index in [1.54, 1.807) is 12.1 Å². The van der Waals surface area contributed by atoms with Crippen molar-refractivity contribution in [2.24, 2.45) is 0 Å². The van der Waals surface area contributed by atoms with Crippen LogP contribution >= 0.6 is 11.6 Å². The van der Waals surface area contributed by atoms with Gasteiger partial charge in [0, 0.05) is 16.3 Å². The van der Waals surface area contributed by atoms with Crippen LogP contribution in [0.15, 0.2) is 59.0 Å². The molecule has 1 atom stereocenters. The van der Waals surface area contributed by atoms with Gasteiger partial charge in [0.25, 0.3) is 5.91 Å². The minimum atomic E-state index is -3.80. The number of hydrogen-bond donors (Lipinski definition) is 1. The second-order valence-electron chi connectivity index (χ2n) is 6.43. The Kier molecular flexibility index (Phi) is 6.05. The van der Waals surface area contributed by atoms with Crippen molar-refractivity contribution in [2.75, 3.05) is 12.4 Å². The summed E-state index contributed by atoms with van der Waals surface area (Å²) in [5.74, 6) is -0.707. The third-order valence-corrected chi connectivity index (χ3v) is 6.86. The van der Waals surface area contributed by atoms with Gasteiger partial charge in [-0.1, -0.05) is 23.7 Å². The maximum atomic E-state index is 13.3. The van der Waals surface area contributed by atoms with Crippen LogP contribution in [0.4, 0.5) is 10.1 Å². The fourth-order valence-electron chi connectivity index (χ4n) is 3.13. The number of anilines is 1. The summed E-state index contributed by atoms with van der Waals surface area (Å²) < 4.78 is 44.7. The van der Waals surface area contributed by atoms with E-state index < -0.39 is 26.8 Å². The van der Waals surface area contributed by atoms with Crippen LogP contribution in [0.5, 0.6) is 5.75 Å². The lowest BCUT2D eigenvalue weighted by atomic mass is 9.98. The quantitative estimate of drug-likeness (QED) is 0.774. The monoisotopic (exact) mass is 423 g/mol. The van der Waals surface area contributed by atoms with Gasteiger partial charge in [-0.05, 0) is 55.7 Å². The summed E-state index contributed by atoms with van der Waals surface area (Å²) in [4.78, 5) is 12.5. The van der Waals surface area contributed by atoms with Gasteiger partial charge in [-0.2, -0.15) is 0 Å². The van der Waals surface area contributed by atoms with E-state index in [2.05, 4.69) is 5.32 Å². The summed E-state index contributed by atoms with van der Waals surface area (Å²) in [6, 6.07) is 9.93. The molecule has 1 amide bonds. The molecule has 0 aliphatic heterocycles. The molecular formula is C20H19ClFNO4S. The van der Waals surface area contributed by atoms with Crippen molar-refractivity contribution in [3.63, 3.8) is 0 Å². The van der Waals surface area contributed by atoms with Gasteiger partial charge in [0.05, 0.1) is 12.4 Å². The Hall–Kier alpha value is -2.38. The van der Waals surface area contributed by atoms with Crippen LogP contribution in [0, 0.1) is 5.82 Å². The first-order valence-electron chi connectivity index (χ1n) is 8.66. The smallest absolute Gasteiger partial charge is 0.251 e. The molecule has 0 heterocycles. The Morgan fingerprint density at radius 3 is 2.75 bits per heavy atom. The number of halogens is 2. The second-order valence-corrected chi connectivity index (χ2v) is 9.00. The van der Waals surface area contributed by atoms with E-state index >= 15 is 0 Å². The first kappa shape index (κ1) is 20.4. The van der Waals surface area contributed by atoms with Gasteiger partial charge >= 0.3 is 0 Å². The number of nitrogens with one attached hydrogen (secondary N) is 1. The van der Waals surface area contributed by atoms with Crippen LogP contribution in [0.3, 0.4) is 0 Å². The molecule has 0 bridgehead atoms. The van der Waals surface area contributed by atoms with Crippen LogP contribution < -0.4 is 10.1 Å². The second kappa shape index (κ2) is 8.32. The molecule has 0 fully saturated rings. The highest BCUT2D eigenvalue weighted by atomic mass is 35.5. The average molecular weight is 424 g/mol. The van der Waals surface area contributed by atoms with E-state index in [9.17, 15) is 17.6 Å². The molecule has 1 N–H and O–H groups in total. The predicted molar refractivity (Wildman–Crippen MR) is 106 cm³/mol. The van der Waals surface area contributed by atoms with E-state index in [0.717, 1.165) is 0 Å². The molecule has 1 aliphatic rings. The summed E-state index contributed by atoms with van der Waals surface area (Å²) in [6.07, 6.45) is 2.83. The lowest BCUT2D eigenvalue weighted by molar-refractivity contribution is -0.113. The maximum absolute atomic E-state index is 13.3. The zero-order valence-electron chi connectivity index (χ0n) is 15.1. The average Bonchev–Trinajstić information content (AvgIpc) is 2.68. The van der Waals surface area contributed by atoms with Crippen LogP contribution in [-0.4, -0.2) is 26.7 Å². The van der Waals surface area contributed by atoms with Crippen molar-refractivity contribution in [1.82, 2.24) is 0 Å². The highest BCUT2D eigenvalue weighted by molar-refractivity contribution is 7.92. The molecule has 0 radical (unpaired) electrons. The van der Waals surface area contributed by atoms with Crippen molar-refractivity contribution >= 4 is 33.0 Å². The molecule has 0 saturated carbocycles. The highest BCUT2D eigenvalue weighted by Gasteiger charge is 2.32. The number of carbonyl (C=O) groups excluding carboxylic acids is 1. The largest absolute Gasteiger partial charge is 0.495 e. The molecule has 148 valence electrons. The van der Waals surface area contributed by atoms with E-state index in [0.29, 0.717) is 30.5 Å². The highest BCUT2D eigenvalue weighted by Crippen LogP contribution is 2.34. The molecule has 0 spiro atoms. The standard InChI is InChI=1S/C20H19ClFNO4S/c1-27-18-9-8-14(21)11-19(18)28(25,26)17-7-2-4-13(10-17)20(24)23-16-6-3-5-15(22)12-16/h3,5-6,8-12,17H,2,4,7H2,1H3,(H,23,24). The van der Waals surface area contributed by atoms with Crippen molar-refractivity contribution in [1.29, 1.82) is 0 Å². The SMILES string of the molecule is COc1ccc(Cl)cc1S(=O)(=O)C1C=C(C(=O)Nc2cccc(F)c2)CCC1. The van der Waals surface area contributed by atoms with E-state index in [4.69, 9.17) is 16.3 Å². The molecule has 2 aromatic rings. The van der Waals surface area contributed by atoms with Crippen LogP contribution in [0.25, 0.3) is 0 Å². The van der Waals surface area contributed by atoms with Crippen LogP contribution in [0.1, 0.15) is 19.3 Å². The molecule has 0 aromatic heterocycles. The van der Waals surface area contributed by atoms with Crippen LogP contribution in [0.2, 0.25) is 5.02 Å². The molecular weight excluding hydrogens is 405 g/mol. The van der Waals surface area contributed by atoms with E-state index in [1.807, 2.05) is 0 Å². The summed E-state index contributed by atoms with van der Waals surface area (Å²) in [6.45, 7) is 0. The minimum absolute atomic E-state index is 0.00413. The Balaban J connectivity index is 1.89. The predicted octanol–water partition coefficient (Wildman–Crippen LogP) is 4.38. The topological polar surface area (TPSA) is 72.5 Å². The lowest BCUT2D eigenvalue weighted by Gasteiger charge is -2.22. The molecule has 5 nitrogen and oxygen atoms in total. The zero-order chi connectivity index (χ0) is 20.3. The Labute approximate surface area is 168 Å². The van der Waals surface area contributed by atoms with Crippen molar-refractivity contribution in [3.8, 4) is 5.75 Å². The molecule has 3 rings (SSSR count). The third-order valence-electron chi connectivity index (χ3n) is 4.53. The number of rotatable bonds is 5. The van der Waals surface area contributed by atoms with Gasteiger partial charge in [-0.3, -0.25) is 4.79 Å². The van der Waals surface area contributed by atoms with Crippen molar-refractivity contribution < 1.29 is 22.3 Å². The van der Waals surface area contributed by atoms with Gasteiger partial charge in [-0.15, -0.1) is 0 Å². The number of ether oxygens (including phenoxy) is 1. The fraction of sp³-hybridized carbons (Fsp3) is 0.250. The zero-order valence-corrected chi connectivity index (χ0v) is 16.7. The van der Waals surface area contributed by atoms with Gasteiger partial charge in [0.1, 0.15) is 16.5 Å². The third kappa shape index (κ3) is 4.36. The Bertz CT molecular complexity index is 1040.